The van der Waals surface area contributed by atoms with Gasteiger partial charge in [-0.2, -0.15) is 21.6 Å². The molecule has 0 atom stereocenters. The van der Waals surface area contributed by atoms with E-state index in [0.29, 0.717) is 24.5 Å². The SMILES string of the molecule is CCN(CC)c1ccc(N=Nc2cc(C)nc(-c3ccccc3F)n2)c(NS(=O)(=O)C(F)(F)F)c1. The van der Waals surface area contributed by atoms with Crippen LogP contribution in [0.3, 0.4) is 0 Å². The van der Waals surface area contributed by atoms with Crippen molar-refractivity contribution in [3.8, 4) is 11.4 Å². The number of nitrogens with zero attached hydrogens (tertiary/aromatic N) is 5. The summed E-state index contributed by atoms with van der Waals surface area (Å²) in [5.41, 5.74) is -5.02. The molecule has 0 radical (unpaired) electrons. The summed E-state index contributed by atoms with van der Waals surface area (Å²) >= 11 is 0. The van der Waals surface area contributed by atoms with Crippen LogP contribution in [0.1, 0.15) is 19.5 Å². The topological polar surface area (TPSA) is 99.9 Å². The summed E-state index contributed by atoms with van der Waals surface area (Å²) in [5, 5.41) is 7.86. The van der Waals surface area contributed by atoms with Crippen LogP contribution in [0, 0.1) is 12.7 Å². The quantitative estimate of drug-likeness (QED) is 0.291. The summed E-state index contributed by atoms with van der Waals surface area (Å²) in [6.45, 7) is 6.42. The minimum Gasteiger partial charge on any atom is -0.372 e. The molecule has 0 spiro atoms. The highest BCUT2D eigenvalue weighted by atomic mass is 32.2. The number of anilines is 2. The molecule has 186 valence electrons. The average molecular weight is 511 g/mol. The van der Waals surface area contributed by atoms with E-state index < -0.39 is 27.0 Å². The molecule has 0 saturated heterocycles. The van der Waals surface area contributed by atoms with Crippen molar-refractivity contribution in [3.05, 3.63) is 60.0 Å². The van der Waals surface area contributed by atoms with Crippen LogP contribution in [-0.2, 0) is 10.0 Å². The van der Waals surface area contributed by atoms with E-state index >= 15 is 0 Å². The molecule has 0 fully saturated rings. The van der Waals surface area contributed by atoms with E-state index in [-0.39, 0.29) is 22.9 Å². The van der Waals surface area contributed by atoms with Gasteiger partial charge in [-0.05, 0) is 51.1 Å². The van der Waals surface area contributed by atoms with Gasteiger partial charge in [-0.3, -0.25) is 4.72 Å². The lowest BCUT2D eigenvalue weighted by Crippen LogP contribution is -2.30. The molecule has 0 aliphatic heterocycles. The van der Waals surface area contributed by atoms with Crippen molar-refractivity contribution in [1.82, 2.24) is 9.97 Å². The number of alkyl halides is 3. The predicted octanol–water partition coefficient (Wildman–Crippen LogP) is 6.11. The molecule has 8 nitrogen and oxygen atoms in total. The standard InChI is InChI=1S/C22H22F4N6O2S/c1-4-32(5-2)15-10-11-18(19(13-15)31-35(33,34)22(24,25)26)29-30-20-12-14(3)27-21(28-20)16-8-6-7-9-17(16)23/h6-13,31H,4-5H2,1-3H3. The van der Waals surface area contributed by atoms with Crippen molar-refractivity contribution >= 4 is 32.9 Å². The summed E-state index contributed by atoms with van der Waals surface area (Å²) < 4.78 is 78.3. The predicted molar refractivity (Wildman–Crippen MR) is 125 cm³/mol. The van der Waals surface area contributed by atoms with Crippen LogP contribution in [-0.4, -0.2) is 37.0 Å². The van der Waals surface area contributed by atoms with E-state index in [0.717, 1.165) is 0 Å². The first-order valence-electron chi connectivity index (χ1n) is 10.5. The van der Waals surface area contributed by atoms with Gasteiger partial charge < -0.3 is 4.90 Å². The molecule has 3 rings (SSSR count). The number of rotatable bonds is 8. The summed E-state index contributed by atoms with van der Waals surface area (Å²) in [4.78, 5) is 10.2. The van der Waals surface area contributed by atoms with Crippen molar-refractivity contribution < 1.29 is 26.0 Å². The first kappa shape index (κ1) is 26.0. The molecule has 1 aromatic heterocycles. The molecule has 13 heteroatoms. The maximum atomic E-state index is 14.2. The van der Waals surface area contributed by atoms with Crippen molar-refractivity contribution in [2.75, 3.05) is 22.7 Å². The largest absolute Gasteiger partial charge is 0.516 e. The highest BCUT2D eigenvalue weighted by molar-refractivity contribution is 7.93. The minimum absolute atomic E-state index is 0.00759. The van der Waals surface area contributed by atoms with Crippen molar-refractivity contribution in [1.29, 1.82) is 0 Å². The van der Waals surface area contributed by atoms with Gasteiger partial charge in [-0.15, -0.1) is 10.2 Å². The Hall–Kier alpha value is -3.61. The van der Waals surface area contributed by atoms with Crippen LogP contribution in [0.15, 0.2) is 58.8 Å². The molecule has 0 aliphatic carbocycles. The number of hydrogen-bond acceptors (Lipinski definition) is 7. The molecule has 3 aromatic rings. The van der Waals surface area contributed by atoms with Crippen LogP contribution < -0.4 is 9.62 Å². The van der Waals surface area contributed by atoms with Crippen molar-refractivity contribution in [3.63, 3.8) is 0 Å². The first-order chi connectivity index (χ1) is 16.4. The Balaban J connectivity index is 2.05. The monoisotopic (exact) mass is 510 g/mol. The van der Waals surface area contributed by atoms with Crippen LogP contribution in [0.5, 0.6) is 0 Å². The van der Waals surface area contributed by atoms with E-state index in [1.54, 1.807) is 23.8 Å². The van der Waals surface area contributed by atoms with Gasteiger partial charge in [0.05, 0.1) is 11.3 Å². The van der Waals surface area contributed by atoms with Crippen LogP contribution in [0.4, 0.5) is 40.4 Å². The lowest BCUT2D eigenvalue weighted by Gasteiger charge is -2.22. The molecule has 2 aromatic carbocycles. The lowest BCUT2D eigenvalue weighted by molar-refractivity contribution is -0.0429. The normalized spacial score (nSPS) is 12.2. The molecule has 35 heavy (non-hydrogen) atoms. The van der Waals surface area contributed by atoms with E-state index in [4.69, 9.17) is 0 Å². The summed E-state index contributed by atoms with van der Waals surface area (Å²) in [6, 6.07) is 11.5. The fourth-order valence-corrected chi connectivity index (χ4v) is 3.72. The number of nitrogens with one attached hydrogen (secondary N) is 1. The van der Waals surface area contributed by atoms with Gasteiger partial charge in [-0.1, -0.05) is 12.1 Å². The number of benzene rings is 2. The number of azo groups is 1. The Labute approximate surface area is 199 Å². The van der Waals surface area contributed by atoms with Crippen molar-refractivity contribution in [2.45, 2.75) is 26.3 Å². The zero-order valence-corrected chi connectivity index (χ0v) is 19.8. The maximum absolute atomic E-state index is 14.2. The minimum atomic E-state index is -5.70. The molecule has 0 saturated carbocycles. The molecular weight excluding hydrogens is 488 g/mol. The van der Waals surface area contributed by atoms with E-state index in [2.05, 4.69) is 20.2 Å². The third-order valence-corrected chi connectivity index (χ3v) is 5.97. The van der Waals surface area contributed by atoms with Gasteiger partial charge >= 0.3 is 15.5 Å². The van der Waals surface area contributed by atoms with Gasteiger partial charge in [0.15, 0.2) is 11.6 Å². The van der Waals surface area contributed by atoms with Crippen molar-refractivity contribution in [2.24, 2.45) is 10.2 Å². The van der Waals surface area contributed by atoms with Gasteiger partial charge in [-0.25, -0.2) is 14.4 Å². The summed E-state index contributed by atoms with van der Waals surface area (Å²) in [7, 11) is -5.70. The van der Waals surface area contributed by atoms with Gasteiger partial charge in [0.1, 0.15) is 11.5 Å². The smallest absolute Gasteiger partial charge is 0.372 e. The number of hydrogen-bond donors (Lipinski definition) is 1. The van der Waals surface area contributed by atoms with E-state index in [1.165, 1.54) is 36.4 Å². The Morgan fingerprint density at radius 3 is 2.31 bits per heavy atom. The molecule has 1 heterocycles. The third-order valence-electron chi connectivity index (χ3n) is 4.87. The van der Waals surface area contributed by atoms with Gasteiger partial charge in [0, 0.05) is 30.5 Å². The zero-order valence-electron chi connectivity index (χ0n) is 19.0. The summed E-state index contributed by atoms with van der Waals surface area (Å²) in [5.74, 6) is -0.489. The molecule has 0 amide bonds. The maximum Gasteiger partial charge on any atom is 0.516 e. The molecule has 1 N–H and O–H groups in total. The Kier molecular flexibility index (Phi) is 7.68. The second kappa shape index (κ2) is 10.3. The molecule has 0 aliphatic rings. The fourth-order valence-electron chi connectivity index (χ4n) is 3.15. The Morgan fingerprint density at radius 1 is 1.00 bits per heavy atom. The van der Waals surface area contributed by atoms with Gasteiger partial charge in [0.25, 0.3) is 0 Å². The second-order valence-corrected chi connectivity index (χ2v) is 8.97. The highest BCUT2D eigenvalue weighted by Crippen LogP contribution is 2.35. The van der Waals surface area contributed by atoms with Crippen LogP contribution in [0.25, 0.3) is 11.4 Å². The van der Waals surface area contributed by atoms with E-state index in [1.807, 2.05) is 18.7 Å². The second-order valence-electron chi connectivity index (χ2n) is 7.30. The molecular formula is C22H22F4N6O2S. The fraction of sp³-hybridized carbons (Fsp3) is 0.273. The van der Waals surface area contributed by atoms with Crippen LogP contribution >= 0.6 is 0 Å². The molecule has 0 bridgehead atoms. The first-order valence-corrected chi connectivity index (χ1v) is 11.9. The highest BCUT2D eigenvalue weighted by Gasteiger charge is 2.46. The Bertz CT molecular complexity index is 1340. The number of aromatic nitrogens is 2. The average Bonchev–Trinajstić information content (AvgIpc) is 2.78. The molecule has 0 unspecified atom stereocenters. The lowest BCUT2D eigenvalue weighted by atomic mass is 10.2. The van der Waals surface area contributed by atoms with E-state index in [9.17, 15) is 26.0 Å². The zero-order chi connectivity index (χ0) is 25.8. The van der Waals surface area contributed by atoms with Gasteiger partial charge in [0.2, 0.25) is 0 Å². The third kappa shape index (κ3) is 6.10. The summed E-state index contributed by atoms with van der Waals surface area (Å²) in [6.07, 6.45) is 0. The Morgan fingerprint density at radius 2 is 1.69 bits per heavy atom. The number of aryl methyl sites for hydroxylation is 1. The number of halogens is 4. The number of sulfonamides is 1. The van der Waals surface area contributed by atoms with Crippen LogP contribution in [0.2, 0.25) is 0 Å².